The van der Waals surface area contributed by atoms with Gasteiger partial charge in [-0.1, -0.05) is 12.1 Å². The van der Waals surface area contributed by atoms with Crippen molar-refractivity contribution in [3.8, 4) is 11.7 Å². The molecule has 3 fully saturated rings. The first-order valence-electron chi connectivity index (χ1n) is 8.10. The Kier molecular flexibility index (Phi) is 3.93. The number of benzene rings is 1. The van der Waals surface area contributed by atoms with Gasteiger partial charge in [0.1, 0.15) is 6.20 Å². The maximum absolute atomic E-state index is 13.6. The summed E-state index contributed by atoms with van der Waals surface area (Å²) in [6.07, 6.45) is 3.49. The highest BCUT2D eigenvalue weighted by molar-refractivity contribution is 5.89. The largest absolute Gasteiger partial charge is 0.422 e. The monoisotopic (exact) mass is 331 g/mol. The highest BCUT2D eigenvalue weighted by atomic mass is 19.1. The van der Waals surface area contributed by atoms with Gasteiger partial charge in [-0.05, 0) is 44.0 Å². The van der Waals surface area contributed by atoms with Crippen LogP contribution in [0.3, 0.4) is 0 Å². The quantitative estimate of drug-likeness (QED) is 0.932. The van der Waals surface area contributed by atoms with Crippen molar-refractivity contribution in [2.24, 2.45) is 5.92 Å². The van der Waals surface area contributed by atoms with Gasteiger partial charge < -0.3 is 19.4 Å². The molecule has 0 spiro atoms. The van der Waals surface area contributed by atoms with Crippen molar-refractivity contribution in [2.75, 3.05) is 19.6 Å². The lowest BCUT2D eigenvalue weighted by molar-refractivity contribution is 0.0599. The number of nitrogens with one attached hydrogen (secondary N) is 1. The van der Waals surface area contributed by atoms with E-state index in [1.807, 2.05) is 0 Å². The maximum Gasteiger partial charge on any atom is 0.311 e. The number of rotatable bonds is 4. The second kappa shape index (κ2) is 6.24. The second-order valence-electron chi connectivity index (χ2n) is 6.23. The Bertz CT molecular complexity index is 740. The van der Waals surface area contributed by atoms with Gasteiger partial charge in [0.25, 0.3) is 5.89 Å². The van der Waals surface area contributed by atoms with E-state index in [2.05, 4.69) is 15.2 Å². The van der Waals surface area contributed by atoms with E-state index in [-0.39, 0.29) is 29.5 Å². The molecular weight excluding hydrogens is 313 g/mol. The molecule has 1 amide bonds. The molecule has 4 heterocycles. The van der Waals surface area contributed by atoms with Crippen LogP contribution in [0.2, 0.25) is 0 Å². The number of carbonyl (C=O) groups excluding carboxylic acids is 1. The van der Waals surface area contributed by atoms with E-state index in [0.717, 1.165) is 32.5 Å². The van der Waals surface area contributed by atoms with E-state index in [0.29, 0.717) is 5.92 Å². The zero-order valence-electron chi connectivity index (χ0n) is 13.1. The third kappa shape index (κ3) is 2.99. The van der Waals surface area contributed by atoms with Crippen molar-refractivity contribution in [1.82, 2.24) is 15.2 Å². The highest BCUT2D eigenvalue weighted by Gasteiger charge is 2.35. The fraction of sp³-hybridized carbons (Fsp3) is 0.412. The van der Waals surface area contributed by atoms with E-state index in [9.17, 15) is 9.18 Å². The summed E-state index contributed by atoms with van der Waals surface area (Å²) in [5.41, 5.74) is 0. The van der Waals surface area contributed by atoms with Gasteiger partial charge >= 0.3 is 11.9 Å². The van der Waals surface area contributed by atoms with Crippen LogP contribution in [0.1, 0.15) is 23.5 Å². The Labute approximate surface area is 138 Å². The van der Waals surface area contributed by atoms with Gasteiger partial charge in [-0.15, -0.1) is 0 Å². The Hall–Kier alpha value is -2.41. The van der Waals surface area contributed by atoms with Crippen molar-refractivity contribution in [1.29, 1.82) is 0 Å². The average Bonchev–Trinajstić information content (AvgIpc) is 3.07. The van der Waals surface area contributed by atoms with Crippen molar-refractivity contribution in [2.45, 2.75) is 18.9 Å². The molecule has 24 heavy (non-hydrogen) atoms. The maximum atomic E-state index is 13.6. The number of ether oxygens (including phenoxy) is 1. The minimum absolute atomic E-state index is 0.0147. The summed E-state index contributed by atoms with van der Waals surface area (Å²) in [5, 5.41) is 2.99. The molecule has 1 aromatic carbocycles. The highest BCUT2D eigenvalue weighted by Crippen LogP contribution is 2.28. The normalized spacial score (nSPS) is 25.5. The van der Waals surface area contributed by atoms with E-state index >= 15 is 0 Å². The number of halogens is 1. The number of amides is 1. The Balaban J connectivity index is 1.41. The number of oxazole rings is 1. The van der Waals surface area contributed by atoms with Crippen LogP contribution in [0.4, 0.5) is 4.39 Å². The lowest BCUT2D eigenvalue weighted by atomic mass is 9.84. The first-order chi connectivity index (χ1) is 11.7. The summed E-state index contributed by atoms with van der Waals surface area (Å²) < 4.78 is 24.2. The number of para-hydroxylation sites is 1. The summed E-state index contributed by atoms with van der Waals surface area (Å²) in [7, 11) is 0. The third-order valence-corrected chi connectivity index (χ3v) is 4.70. The van der Waals surface area contributed by atoms with Gasteiger partial charge in [0.15, 0.2) is 11.6 Å². The average molecular weight is 331 g/mol. The second-order valence-corrected chi connectivity index (χ2v) is 6.23. The van der Waals surface area contributed by atoms with Crippen molar-refractivity contribution < 1.29 is 18.3 Å². The van der Waals surface area contributed by atoms with Crippen LogP contribution < -0.4 is 10.1 Å². The van der Waals surface area contributed by atoms with Gasteiger partial charge in [-0.2, -0.15) is 0 Å². The zero-order valence-corrected chi connectivity index (χ0v) is 13.1. The molecule has 3 aliphatic heterocycles. The van der Waals surface area contributed by atoms with E-state index in [4.69, 9.17) is 9.15 Å². The number of nitrogens with zero attached hydrogens (tertiary/aromatic N) is 2. The zero-order chi connectivity index (χ0) is 16.5. The summed E-state index contributed by atoms with van der Waals surface area (Å²) in [6.45, 7) is 3.09. The molecule has 0 unspecified atom stereocenters. The van der Waals surface area contributed by atoms with E-state index in [1.165, 1.54) is 18.3 Å². The van der Waals surface area contributed by atoms with Crippen LogP contribution in [0, 0.1) is 11.7 Å². The molecule has 7 heteroatoms. The van der Waals surface area contributed by atoms with Gasteiger partial charge in [0.2, 0.25) is 0 Å². The van der Waals surface area contributed by atoms with Gasteiger partial charge in [0, 0.05) is 12.6 Å². The number of hydrogen-bond acceptors (Lipinski definition) is 5. The molecule has 3 saturated heterocycles. The van der Waals surface area contributed by atoms with Crippen LogP contribution in [-0.4, -0.2) is 41.5 Å². The fourth-order valence-corrected chi connectivity index (χ4v) is 3.41. The van der Waals surface area contributed by atoms with Gasteiger partial charge in [0.05, 0.1) is 0 Å². The van der Waals surface area contributed by atoms with Crippen LogP contribution in [0.15, 0.2) is 34.9 Å². The summed E-state index contributed by atoms with van der Waals surface area (Å²) in [6, 6.07) is 6.10. The van der Waals surface area contributed by atoms with E-state index < -0.39 is 5.82 Å². The minimum Gasteiger partial charge on any atom is -0.422 e. The van der Waals surface area contributed by atoms with Gasteiger partial charge in [-0.3, -0.25) is 4.79 Å². The smallest absolute Gasteiger partial charge is 0.311 e. The Morgan fingerprint density at radius 2 is 2.12 bits per heavy atom. The lowest BCUT2D eigenvalue weighted by Crippen LogP contribution is -2.57. The number of fused-ring (bicyclic) bond motifs is 3. The van der Waals surface area contributed by atoms with Crippen LogP contribution >= 0.6 is 0 Å². The Morgan fingerprint density at radius 1 is 1.33 bits per heavy atom. The fourth-order valence-electron chi connectivity index (χ4n) is 3.41. The molecule has 0 aliphatic carbocycles. The molecule has 5 rings (SSSR count). The molecule has 126 valence electrons. The first-order valence-corrected chi connectivity index (χ1v) is 8.10. The number of aromatic nitrogens is 1. The predicted molar refractivity (Wildman–Crippen MR) is 83.4 cm³/mol. The summed E-state index contributed by atoms with van der Waals surface area (Å²) in [4.78, 5) is 18.6. The standard InChI is InChI=1S/C17H18FN3O3/c18-12-3-1-2-4-14(12)23-15-9-19-17(24-15)16(22)20-13-10-21-7-5-11(13)6-8-21/h1-4,9,11,13H,5-8,10H2,(H,20,22)/t13-/m0/s1. The predicted octanol–water partition coefficient (Wildman–Crippen LogP) is 2.43. The number of piperidine rings is 3. The minimum atomic E-state index is -0.507. The summed E-state index contributed by atoms with van der Waals surface area (Å²) in [5.74, 6) is -0.415. The molecule has 6 nitrogen and oxygen atoms in total. The van der Waals surface area contributed by atoms with Crippen LogP contribution in [0.25, 0.3) is 0 Å². The van der Waals surface area contributed by atoms with E-state index in [1.54, 1.807) is 12.1 Å². The number of carbonyl (C=O) groups is 1. The lowest BCUT2D eigenvalue weighted by Gasteiger charge is -2.44. The molecule has 2 aromatic rings. The molecule has 1 aromatic heterocycles. The van der Waals surface area contributed by atoms with Crippen LogP contribution in [0.5, 0.6) is 11.7 Å². The van der Waals surface area contributed by atoms with Gasteiger partial charge in [-0.25, -0.2) is 9.37 Å². The third-order valence-electron chi connectivity index (χ3n) is 4.70. The molecule has 3 aliphatic rings. The Morgan fingerprint density at radius 3 is 2.83 bits per heavy atom. The molecular formula is C17H18FN3O3. The molecule has 1 N–H and O–H groups in total. The topological polar surface area (TPSA) is 67.6 Å². The molecule has 0 radical (unpaired) electrons. The van der Waals surface area contributed by atoms with Crippen molar-refractivity contribution >= 4 is 5.91 Å². The SMILES string of the molecule is O=C(N[C@H]1CN2CCC1CC2)c1ncc(Oc2ccccc2F)o1. The van der Waals surface area contributed by atoms with Crippen molar-refractivity contribution in [3.05, 3.63) is 42.2 Å². The first kappa shape index (κ1) is 15.1. The molecule has 1 atom stereocenters. The molecule has 2 bridgehead atoms. The summed E-state index contributed by atoms with van der Waals surface area (Å²) >= 11 is 0. The molecule has 0 saturated carbocycles. The van der Waals surface area contributed by atoms with Crippen LogP contribution in [-0.2, 0) is 0 Å². The number of hydrogen-bond donors (Lipinski definition) is 1. The van der Waals surface area contributed by atoms with Crippen molar-refractivity contribution in [3.63, 3.8) is 0 Å².